The Labute approximate surface area is 133 Å². The number of nitrogens with zero attached hydrogens (tertiary/aromatic N) is 2. The molecular formula is C17H26ClN3. The lowest BCUT2D eigenvalue weighted by Gasteiger charge is -2.22. The molecule has 2 heterocycles. The van der Waals surface area contributed by atoms with Gasteiger partial charge in [-0.25, -0.2) is 4.98 Å². The van der Waals surface area contributed by atoms with E-state index in [1.807, 2.05) is 6.07 Å². The van der Waals surface area contributed by atoms with Gasteiger partial charge in [0.2, 0.25) is 0 Å². The number of hydrogen-bond acceptors (Lipinski definition) is 3. The highest BCUT2D eigenvalue weighted by atomic mass is 35.5. The highest BCUT2D eigenvalue weighted by molar-refractivity contribution is 6.31. The molecule has 1 aliphatic carbocycles. The van der Waals surface area contributed by atoms with Crippen LogP contribution in [0.15, 0.2) is 12.1 Å². The highest BCUT2D eigenvalue weighted by Crippen LogP contribution is 2.39. The molecule has 2 aliphatic rings. The van der Waals surface area contributed by atoms with Crippen LogP contribution in [0, 0.1) is 11.8 Å². The summed E-state index contributed by atoms with van der Waals surface area (Å²) in [7, 11) is 0. The maximum Gasteiger partial charge on any atom is 0.128 e. The first-order valence-electron chi connectivity index (χ1n) is 8.08. The van der Waals surface area contributed by atoms with Crippen molar-refractivity contribution < 1.29 is 0 Å². The summed E-state index contributed by atoms with van der Waals surface area (Å²) in [5, 5.41) is 4.23. The number of aromatic nitrogens is 1. The van der Waals surface area contributed by atoms with E-state index in [2.05, 4.69) is 37.1 Å². The second-order valence-corrected chi connectivity index (χ2v) is 7.96. The van der Waals surface area contributed by atoms with Crippen molar-refractivity contribution in [1.82, 2.24) is 10.3 Å². The standard InChI is InChI=1S/C17H26ClN3/c1-17(2,3)19-9-15-14(18)7-8-16(20-15)21-10-12-5-4-6-13(12)11-21/h7-8,12-13,19H,4-6,9-11H2,1-3H3. The Hall–Kier alpha value is -0.800. The van der Waals surface area contributed by atoms with E-state index in [0.717, 1.165) is 34.9 Å². The van der Waals surface area contributed by atoms with Crippen LogP contribution >= 0.6 is 11.6 Å². The maximum absolute atomic E-state index is 6.31. The van der Waals surface area contributed by atoms with Crippen LogP contribution in [-0.2, 0) is 6.54 Å². The Kier molecular flexibility index (Phi) is 4.15. The first kappa shape index (κ1) is 15.1. The molecule has 0 amide bonds. The number of hydrogen-bond donors (Lipinski definition) is 1. The van der Waals surface area contributed by atoms with Crippen LogP contribution in [0.25, 0.3) is 0 Å². The summed E-state index contributed by atoms with van der Waals surface area (Å²) in [5.74, 6) is 2.87. The van der Waals surface area contributed by atoms with E-state index in [1.165, 1.54) is 32.4 Å². The minimum Gasteiger partial charge on any atom is -0.356 e. The zero-order chi connectivity index (χ0) is 15.0. The fraction of sp³-hybridized carbons (Fsp3) is 0.706. The van der Waals surface area contributed by atoms with E-state index in [4.69, 9.17) is 16.6 Å². The van der Waals surface area contributed by atoms with Crippen molar-refractivity contribution in [3.8, 4) is 0 Å². The zero-order valence-corrected chi connectivity index (χ0v) is 14.1. The summed E-state index contributed by atoms with van der Waals surface area (Å²) in [4.78, 5) is 7.27. The second-order valence-electron chi connectivity index (χ2n) is 7.56. The topological polar surface area (TPSA) is 28.2 Å². The summed E-state index contributed by atoms with van der Waals surface area (Å²) in [6.07, 6.45) is 4.21. The Morgan fingerprint density at radius 1 is 1.24 bits per heavy atom. The summed E-state index contributed by atoms with van der Waals surface area (Å²) in [6.45, 7) is 9.54. The summed E-state index contributed by atoms with van der Waals surface area (Å²) >= 11 is 6.31. The van der Waals surface area contributed by atoms with E-state index in [9.17, 15) is 0 Å². The smallest absolute Gasteiger partial charge is 0.128 e. The first-order chi connectivity index (χ1) is 9.92. The van der Waals surface area contributed by atoms with Gasteiger partial charge in [-0.2, -0.15) is 0 Å². The molecule has 1 aliphatic heterocycles. The number of anilines is 1. The van der Waals surface area contributed by atoms with Crippen LogP contribution in [0.5, 0.6) is 0 Å². The van der Waals surface area contributed by atoms with Gasteiger partial charge in [-0.1, -0.05) is 18.0 Å². The first-order valence-corrected chi connectivity index (χ1v) is 8.45. The Balaban J connectivity index is 1.72. The lowest BCUT2D eigenvalue weighted by molar-refractivity contribution is 0.421. The summed E-state index contributed by atoms with van der Waals surface area (Å²) in [6, 6.07) is 4.07. The normalized spacial score (nSPS) is 25.4. The van der Waals surface area contributed by atoms with Gasteiger partial charge >= 0.3 is 0 Å². The van der Waals surface area contributed by atoms with Crippen molar-refractivity contribution in [3.05, 3.63) is 22.8 Å². The molecule has 0 spiro atoms. The third-order valence-corrected chi connectivity index (χ3v) is 5.08. The van der Waals surface area contributed by atoms with Crippen LogP contribution in [0.4, 0.5) is 5.82 Å². The minimum atomic E-state index is 0.0751. The fourth-order valence-electron chi connectivity index (χ4n) is 3.54. The minimum absolute atomic E-state index is 0.0751. The Bertz CT molecular complexity index is 497. The van der Waals surface area contributed by atoms with Gasteiger partial charge in [0.25, 0.3) is 0 Å². The van der Waals surface area contributed by atoms with E-state index >= 15 is 0 Å². The van der Waals surface area contributed by atoms with Crippen LogP contribution in [0.2, 0.25) is 5.02 Å². The average Bonchev–Trinajstić information content (AvgIpc) is 2.97. The molecule has 1 saturated heterocycles. The molecule has 1 aromatic rings. The lowest BCUT2D eigenvalue weighted by atomic mass is 10.0. The quantitative estimate of drug-likeness (QED) is 0.919. The van der Waals surface area contributed by atoms with Crippen molar-refractivity contribution in [2.24, 2.45) is 11.8 Å². The lowest BCUT2D eigenvalue weighted by Crippen LogP contribution is -2.35. The van der Waals surface area contributed by atoms with Gasteiger partial charge in [-0.05, 0) is 57.6 Å². The van der Waals surface area contributed by atoms with Crippen molar-refractivity contribution in [2.45, 2.75) is 52.1 Å². The molecule has 1 N–H and O–H groups in total. The molecule has 4 heteroatoms. The van der Waals surface area contributed by atoms with Crippen LogP contribution in [0.1, 0.15) is 45.7 Å². The van der Waals surface area contributed by atoms with Crippen molar-refractivity contribution in [2.75, 3.05) is 18.0 Å². The van der Waals surface area contributed by atoms with Gasteiger partial charge in [0.05, 0.1) is 10.7 Å². The molecule has 2 unspecified atom stereocenters. The molecular weight excluding hydrogens is 282 g/mol. The van der Waals surface area contributed by atoms with Crippen LogP contribution in [0.3, 0.4) is 0 Å². The van der Waals surface area contributed by atoms with E-state index < -0.39 is 0 Å². The van der Waals surface area contributed by atoms with Gasteiger partial charge in [-0.3, -0.25) is 0 Å². The molecule has 116 valence electrons. The van der Waals surface area contributed by atoms with Gasteiger partial charge < -0.3 is 10.2 Å². The molecule has 3 rings (SSSR count). The largest absolute Gasteiger partial charge is 0.356 e. The molecule has 2 atom stereocenters. The third kappa shape index (κ3) is 3.51. The van der Waals surface area contributed by atoms with Gasteiger partial charge in [-0.15, -0.1) is 0 Å². The number of rotatable bonds is 3. The fourth-order valence-corrected chi connectivity index (χ4v) is 3.72. The van der Waals surface area contributed by atoms with E-state index in [1.54, 1.807) is 0 Å². The van der Waals surface area contributed by atoms with Crippen LogP contribution in [-0.4, -0.2) is 23.6 Å². The van der Waals surface area contributed by atoms with Gasteiger partial charge in [0, 0.05) is 25.2 Å². The summed E-state index contributed by atoms with van der Waals surface area (Å²) < 4.78 is 0. The molecule has 0 aromatic carbocycles. The van der Waals surface area contributed by atoms with Crippen molar-refractivity contribution in [1.29, 1.82) is 0 Å². The maximum atomic E-state index is 6.31. The van der Waals surface area contributed by atoms with Gasteiger partial charge in [0.15, 0.2) is 0 Å². The average molecular weight is 308 g/mol. The van der Waals surface area contributed by atoms with Crippen molar-refractivity contribution >= 4 is 17.4 Å². The second kappa shape index (κ2) is 5.77. The molecule has 1 aromatic heterocycles. The molecule has 3 nitrogen and oxygen atoms in total. The molecule has 1 saturated carbocycles. The van der Waals surface area contributed by atoms with Gasteiger partial charge in [0.1, 0.15) is 5.82 Å². The SMILES string of the molecule is CC(C)(C)NCc1nc(N2CC3CCCC3C2)ccc1Cl. The molecule has 0 radical (unpaired) electrons. The number of halogens is 1. The van der Waals surface area contributed by atoms with E-state index in [0.29, 0.717) is 0 Å². The Morgan fingerprint density at radius 3 is 2.52 bits per heavy atom. The molecule has 21 heavy (non-hydrogen) atoms. The predicted molar refractivity (Wildman–Crippen MR) is 88.9 cm³/mol. The highest BCUT2D eigenvalue weighted by Gasteiger charge is 2.36. The van der Waals surface area contributed by atoms with Crippen molar-refractivity contribution in [3.63, 3.8) is 0 Å². The number of fused-ring (bicyclic) bond motifs is 1. The predicted octanol–water partition coefficient (Wildman–Crippen LogP) is 3.86. The zero-order valence-electron chi connectivity index (χ0n) is 13.3. The monoisotopic (exact) mass is 307 g/mol. The molecule has 0 bridgehead atoms. The molecule has 2 fully saturated rings. The van der Waals surface area contributed by atoms with E-state index in [-0.39, 0.29) is 5.54 Å². The van der Waals surface area contributed by atoms with Crippen LogP contribution < -0.4 is 10.2 Å². The Morgan fingerprint density at radius 2 is 1.90 bits per heavy atom. The summed E-state index contributed by atoms with van der Waals surface area (Å²) in [5.41, 5.74) is 1.03. The third-order valence-electron chi connectivity index (χ3n) is 4.74. The number of nitrogens with one attached hydrogen (secondary N) is 1. The number of pyridine rings is 1.